The summed E-state index contributed by atoms with van der Waals surface area (Å²) >= 11 is 0. The Bertz CT molecular complexity index is 584. The van der Waals surface area contributed by atoms with E-state index in [0.29, 0.717) is 0 Å². The van der Waals surface area contributed by atoms with E-state index in [4.69, 9.17) is 13.8 Å². The maximum absolute atomic E-state index is 12.5. The van der Waals surface area contributed by atoms with Gasteiger partial charge in [-0.05, 0) is 18.4 Å². The second-order valence-electron chi connectivity index (χ2n) is 5.48. The number of unbranched alkanes of at least 4 members (excludes halogenated alkanes) is 1. The highest BCUT2D eigenvalue weighted by molar-refractivity contribution is 7.54. The van der Waals surface area contributed by atoms with E-state index >= 15 is 0 Å². The van der Waals surface area contributed by atoms with E-state index in [1.165, 1.54) is 14.2 Å². The third-order valence-electron chi connectivity index (χ3n) is 3.60. The van der Waals surface area contributed by atoms with Crippen LogP contribution in [0.3, 0.4) is 0 Å². The lowest BCUT2D eigenvalue weighted by molar-refractivity contribution is -0.118. The molecular weight excluding hydrogens is 345 g/mol. The van der Waals surface area contributed by atoms with E-state index in [2.05, 4.69) is 5.32 Å². The number of carbonyl (C=O) groups is 2. The van der Waals surface area contributed by atoms with Crippen molar-refractivity contribution >= 4 is 19.5 Å². The van der Waals surface area contributed by atoms with Crippen molar-refractivity contribution in [3.63, 3.8) is 0 Å². The van der Waals surface area contributed by atoms with E-state index in [1.807, 2.05) is 37.3 Å². The Hall–Kier alpha value is -1.69. The van der Waals surface area contributed by atoms with Crippen LogP contribution in [0.5, 0.6) is 0 Å². The molecule has 0 aliphatic carbocycles. The summed E-state index contributed by atoms with van der Waals surface area (Å²) in [6, 6.07) is 8.34. The topological polar surface area (TPSA) is 90.9 Å². The zero-order valence-corrected chi connectivity index (χ0v) is 15.8. The Morgan fingerprint density at radius 1 is 1.16 bits per heavy atom. The molecule has 0 saturated heterocycles. The van der Waals surface area contributed by atoms with Crippen molar-refractivity contribution < 1.29 is 27.9 Å². The average molecular weight is 371 g/mol. The second-order valence-corrected chi connectivity index (χ2v) is 7.74. The van der Waals surface area contributed by atoms with Gasteiger partial charge in [-0.2, -0.15) is 0 Å². The number of rotatable bonds is 11. The molecule has 0 unspecified atom stereocenters. The minimum Gasteiger partial charge on any atom is -0.450 e. The smallest absolute Gasteiger partial charge is 0.407 e. The van der Waals surface area contributed by atoms with Crippen LogP contribution in [0, 0.1) is 0 Å². The van der Waals surface area contributed by atoms with E-state index in [9.17, 15) is 14.2 Å². The number of Topliss-reactive ketones (excluding diaryl/α,β-unsaturated/α-hetero) is 1. The number of alkyl carbamates (subject to hydrolysis) is 1. The third kappa shape index (κ3) is 7.82. The number of benzene rings is 1. The van der Waals surface area contributed by atoms with Crippen molar-refractivity contribution in [2.24, 2.45) is 0 Å². The van der Waals surface area contributed by atoms with Gasteiger partial charge in [-0.15, -0.1) is 0 Å². The van der Waals surface area contributed by atoms with Crippen LogP contribution in [0.2, 0.25) is 0 Å². The largest absolute Gasteiger partial charge is 0.450 e. The highest BCUT2D eigenvalue weighted by Crippen LogP contribution is 2.46. The molecule has 0 aliphatic rings. The molecule has 1 aromatic rings. The minimum absolute atomic E-state index is 0.260. The van der Waals surface area contributed by atoms with Gasteiger partial charge in [-0.1, -0.05) is 43.7 Å². The molecule has 1 amide bonds. The van der Waals surface area contributed by atoms with Gasteiger partial charge in [0.25, 0.3) is 0 Å². The first-order chi connectivity index (χ1) is 11.9. The molecule has 0 fully saturated rings. The molecule has 7 nitrogen and oxygen atoms in total. The van der Waals surface area contributed by atoms with Crippen molar-refractivity contribution in [3.8, 4) is 0 Å². The van der Waals surface area contributed by atoms with Crippen LogP contribution < -0.4 is 5.32 Å². The van der Waals surface area contributed by atoms with Gasteiger partial charge in [-0.25, -0.2) is 4.79 Å². The quantitative estimate of drug-likeness (QED) is 0.475. The standard InChI is InChI=1S/C17H26NO6P/c1-4-5-11-24-17(20)18-15(12-14-9-7-6-8-10-14)16(19)13-25(21,22-2)23-3/h6-10,15H,4-5,11-13H2,1-3H3,(H,18,20)/t15-/m0/s1. The molecule has 0 bridgehead atoms. The summed E-state index contributed by atoms with van der Waals surface area (Å²) in [5.74, 6) is -0.441. The third-order valence-corrected chi connectivity index (χ3v) is 5.41. The maximum Gasteiger partial charge on any atom is 0.407 e. The fourth-order valence-electron chi connectivity index (χ4n) is 2.09. The van der Waals surface area contributed by atoms with Gasteiger partial charge in [-0.3, -0.25) is 9.36 Å². The fourth-order valence-corrected chi connectivity index (χ4v) is 3.10. The lowest BCUT2D eigenvalue weighted by Gasteiger charge is -2.20. The van der Waals surface area contributed by atoms with Crippen LogP contribution in [-0.2, 0) is 29.6 Å². The Kier molecular flexibility index (Phi) is 9.42. The Labute approximate surface area is 148 Å². The van der Waals surface area contributed by atoms with E-state index in [1.54, 1.807) is 0 Å². The summed E-state index contributed by atoms with van der Waals surface area (Å²) in [6.07, 6.45) is 0.799. The predicted molar refractivity (Wildman–Crippen MR) is 94.8 cm³/mol. The van der Waals surface area contributed by atoms with Crippen molar-refractivity contribution in [2.75, 3.05) is 27.0 Å². The number of ketones is 1. The monoisotopic (exact) mass is 371 g/mol. The predicted octanol–water partition coefficient (Wildman–Crippen LogP) is 3.18. The van der Waals surface area contributed by atoms with Crippen LogP contribution in [0.25, 0.3) is 0 Å². The summed E-state index contributed by atoms with van der Waals surface area (Å²) in [6.45, 7) is 2.26. The molecule has 0 heterocycles. The molecule has 1 atom stereocenters. The van der Waals surface area contributed by atoms with E-state index in [-0.39, 0.29) is 13.0 Å². The number of hydrogen-bond donors (Lipinski definition) is 1. The molecular formula is C17H26NO6P. The molecule has 25 heavy (non-hydrogen) atoms. The number of hydrogen-bond acceptors (Lipinski definition) is 6. The number of nitrogens with one attached hydrogen (secondary N) is 1. The van der Waals surface area contributed by atoms with Crippen molar-refractivity contribution in [2.45, 2.75) is 32.2 Å². The molecule has 8 heteroatoms. The van der Waals surface area contributed by atoms with Crippen molar-refractivity contribution in [3.05, 3.63) is 35.9 Å². The van der Waals surface area contributed by atoms with E-state index in [0.717, 1.165) is 18.4 Å². The molecule has 1 aromatic carbocycles. The normalized spacial score (nSPS) is 12.4. The van der Waals surface area contributed by atoms with Crippen LogP contribution in [0.4, 0.5) is 4.79 Å². The van der Waals surface area contributed by atoms with Gasteiger partial charge >= 0.3 is 13.7 Å². The molecule has 0 radical (unpaired) electrons. The SMILES string of the molecule is CCCCOC(=O)N[C@@H](Cc1ccccc1)C(=O)CP(=O)(OC)OC. The van der Waals surface area contributed by atoms with Gasteiger partial charge in [0, 0.05) is 14.2 Å². The van der Waals surface area contributed by atoms with Gasteiger partial charge in [0.2, 0.25) is 0 Å². The van der Waals surface area contributed by atoms with Crippen molar-refractivity contribution in [1.29, 1.82) is 0 Å². The molecule has 0 aromatic heterocycles. The first-order valence-electron chi connectivity index (χ1n) is 8.14. The summed E-state index contributed by atoms with van der Waals surface area (Å²) in [4.78, 5) is 24.5. The van der Waals surface area contributed by atoms with Gasteiger partial charge in [0.1, 0.15) is 6.16 Å². The molecule has 0 saturated carbocycles. The summed E-state index contributed by atoms with van der Waals surface area (Å²) in [7, 11) is -1.07. The molecule has 0 aliphatic heterocycles. The van der Waals surface area contributed by atoms with Gasteiger partial charge in [0.05, 0.1) is 12.6 Å². The molecule has 1 N–H and O–H groups in total. The zero-order chi connectivity index (χ0) is 18.7. The summed E-state index contributed by atoms with van der Waals surface area (Å²) < 4.78 is 26.9. The highest BCUT2D eigenvalue weighted by Gasteiger charge is 2.31. The minimum atomic E-state index is -3.51. The average Bonchev–Trinajstić information content (AvgIpc) is 2.62. The molecule has 0 spiro atoms. The van der Waals surface area contributed by atoms with E-state index < -0.39 is 31.7 Å². The van der Waals surface area contributed by atoms with Crippen LogP contribution in [0.15, 0.2) is 30.3 Å². The van der Waals surface area contributed by atoms with Gasteiger partial charge in [0.15, 0.2) is 5.78 Å². The van der Waals surface area contributed by atoms with Crippen LogP contribution >= 0.6 is 7.60 Å². The van der Waals surface area contributed by atoms with Gasteiger partial charge < -0.3 is 19.1 Å². The lowest BCUT2D eigenvalue weighted by Crippen LogP contribution is -2.44. The number of amides is 1. The maximum atomic E-state index is 12.5. The summed E-state index contributed by atoms with van der Waals surface area (Å²) in [5, 5.41) is 2.55. The Balaban J connectivity index is 2.81. The van der Waals surface area contributed by atoms with Crippen LogP contribution in [0.1, 0.15) is 25.3 Å². The first kappa shape index (κ1) is 21.4. The second kappa shape index (κ2) is 11.0. The number of carbonyl (C=O) groups excluding carboxylic acids is 2. The fraction of sp³-hybridized carbons (Fsp3) is 0.529. The molecule has 140 valence electrons. The number of ether oxygens (including phenoxy) is 1. The lowest BCUT2D eigenvalue weighted by atomic mass is 10.0. The van der Waals surface area contributed by atoms with Crippen LogP contribution in [-0.4, -0.2) is 44.9 Å². The highest BCUT2D eigenvalue weighted by atomic mass is 31.2. The summed E-state index contributed by atoms with van der Waals surface area (Å²) in [5.41, 5.74) is 0.861. The first-order valence-corrected chi connectivity index (χ1v) is 9.87. The Morgan fingerprint density at radius 2 is 1.80 bits per heavy atom. The van der Waals surface area contributed by atoms with Crippen molar-refractivity contribution in [1.82, 2.24) is 5.32 Å². The molecule has 1 rings (SSSR count). The zero-order valence-electron chi connectivity index (χ0n) is 14.9. The Morgan fingerprint density at radius 3 is 2.36 bits per heavy atom.